The number of hydrogen-bond acceptors (Lipinski definition) is 3. The monoisotopic (exact) mass is 481 g/mol. The van der Waals surface area contributed by atoms with Crippen molar-refractivity contribution in [2.24, 2.45) is 5.92 Å². The van der Waals surface area contributed by atoms with Gasteiger partial charge in [-0.3, -0.25) is 9.59 Å². The van der Waals surface area contributed by atoms with Gasteiger partial charge in [-0.15, -0.1) is 0 Å². The molecule has 1 fully saturated rings. The van der Waals surface area contributed by atoms with E-state index in [-0.39, 0.29) is 30.1 Å². The SMILES string of the molecule is N#Cc1ccc(CN(Cc2cccc(F)c2)C(=O)C2CCN(C(=O)/C=C\c3ccccc3)CC2)cc1. The zero-order chi connectivity index (χ0) is 25.3. The Balaban J connectivity index is 1.41. The summed E-state index contributed by atoms with van der Waals surface area (Å²) in [6, 6.07) is 25.2. The van der Waals surface area contributed by atoms with Crippen LogP contribution in [0.2, 0.25) is 0 Å². The molecule has 5 nitrogen and oxygen atoms in total. The zero-order valence-electron chi connectivity index (χ0n) is 20.0. The smallest absolute Gasteiger partial charge is 0.246 e. The third-order valence-corrected chi connectivity index (χ3v) is 6.40. The molecule has 0 aromatic heterocycles. The molecule has 6 heteroatoms. The van der Waals surface area contributed by atoms with Gasteiger partial charge < -0.3 is 9.80 Å². The minimum atomic E-state index is -0.339. The van der Waals surface area contributed by atoms with E-state index in [0.29, 0.717) is 38.0 Å². The second kappa shape index (κ2) is 11.9. The summed E-state index contributed by atoms with van der Waals surface area (Å²) >= 11 is 0. The van der Waals surface area contributed by atoms with Crippen LogP contribution in [0.15, 0.2) is 84.9 Å². The molecule has 0 radical (unpaired) electrons. The molecule has 3 aromatic carbocycles. The number of likely N-dealkylation sites (tertiary alicyclic amines) is 1. The number of carbonyl (C=O) groups excluding carboxylic acids is 2. The Labute approximate surface area is 211 Å². The fourth-order valence-electron chi connectivity index (χ4n) is 4.41. The Morgan fingerprint density at radius 2 is 1.64 bits per heavy atom. The van der Waals surface area contributed by atoms with Crippen LogP contribution in [0, 0.1) is 23.1 Å². The van der Waals surface area contributed by atoms with Crippen LogP contribution in [0.25, 0.3) is 6.08 Å². The fraction of sp³-hybridized carbons (Fsp3) is 0.233. The van der Waals surface area contributed by atoms with Gasteiger partial charge in [-0.05, 0) is 59.9 Å². The molecular weight excluding hydrogens is 453 g/mol. The predicted molar refractivity (Wildman–Crippen MR) is 137 cm³/mol. The molecule has 0 spiro atoms. The Bertz CT molecular complexity index is 1260. The molecule has 182 valence electrons. The number of halogens is 1. The summed E-state index contributed by atoms with van der Waals surface area (Å²) in [4.78, 5) is 29.7. The highest BCUT2D eigenvalue weighted by Gasteiger charge is 2.30. The Morgan fingerprint density at radius 3 is 2.31 bits per heavy atom. The standard InChI is InChI=1S/C30H28FN3O2/c31-28-8-4-7-26(19-28)22-34(21-25-11-9-24(20-32)10-12-25)30(36)27-15-17-33(18-16-27)29(35)14-13-23-5-2-1-3-6-23/h1-14,19,27H,15-18,21-22H2/b14-13-. The van der Waals surface area contributed by atoms with Crippen molar-refractivity contribution in [1.82, 2.24) is 9.80 Å². The molecule has 1 aliphatic heterocycles. The number of nitrogens with zero attached hydrogens (tertiary/aromatic N) is 3. The lowest BCUT2D eigenvalue weighted by Crippen LogP contribution is -2.43. The van der Waals surface area contributed by atoms with Gasteiger partial charge in [0.1, 0.15) is 5.82 Å². The summed E-state index contributed by atoms with van der Waals surface area (Å²) in [6.07, 6.45) is 4.55. The van der Waals surface area contributed by atoms with E-state index in [1.54, 1.807) is 40.2 Å². The number of hydrogen-bond donors (Lipinski definition) is 0. The third kappa shape index (κ3) is 6.67. The van der Waals surface area contributed by atoms with Crippen molar-refractivity contribution in [3.8, 4) is 6.07 Å². The molecule has 0 aliphatic carbocycles. The summed E-state index contributed by atoms with van der Waals surface area (Å²) in [5, 5.41) is 9.06. The fourth-order valence-corrected chi connectivity index (χ4v) is 4.41. The van der Waals surface area contributed by atoms with Gasteiger partial charge in [0.25, 0.3) is 0 Å². The molecule has 0 atom stereocenters. The van der Waals surface area contributed by atoms with Gasteiger partial charge in [-0.2, -0.15) is 5.26 Å². The van der Waals surface area contributed by atoms with Gasteiger partial charge in [0.2, 0.25) is 11.8 Å². The van der Waals surface area contributed by atoms with Crippen LogP contribution in [-0.2, 0) is 22.7 Å². The molecule has 0 saturated carbocycles. The Hall–Kier alpha value is -4.24. The van der Waals surface area contributed by atoms with Gasteiger partial charge in [0.15, 0.2) is 0 Å². The quantitative estimate of drug-likeness (QED) is 0.437. The molecule has 1 aliphatic rings. The maximum atomic E-state index is 13.8. The molecule has 1 saturated heterocycles. The lowest BCUT2D eigenvalue weighted by molar-refractivity contribution is -0.140. The first-order chi connectivity index (χ1) is 17.5. The predicted octanol–water partition coefficient (Wildman–Crippen LogP) is 5.18. The van der Waals surface area contributed by atoms with Crippen LogP contribution < -0.4 is 0 Å². The highest BCUT2D eigenvalue weighted by molar-refractivity contribution is 5.92. The average Bonchev–Trinajstić information content (AvgIpc) is 2.92. The summed E-state index contributed by atoms with van der Waals surface area (Å²) in [5.41, 5.74) is 3.14. The first-order valence-electron chi connectivity index (χ1n) is 12.1. The lowest BCUT2D eigenvalue weighted by atomic mass is 9.94. The zero-order valence-corrected chi connectivity index (χ0v) is 20.0. The van der Waals surface area contributed by atoms with Crippen molar-refractivity contribution in [1.29, 1.82) is 5.26 Å². The number of carbonyl (C=O) groups is 2. The van der Waals surface area contributed by atoms with Gasteiger partial charge >= 0.3 is 0 Å². The minimum absolute atomic E-state index is 0.00412. The van der Waals surface area contributed by atoms with Crippen molar-refractivity contribution in [3.63, 3.8) is 0 Å². The number of nitriles is 1. The van der Waals surface area contributed by atoms with Crippen LogP contribution in [0.3, 0.4) is 0 Å². The first-order valence-corrected chi connectivity index (χ1v) is 12.1. The van der Waals surface area contributed by atoms with Gasteiger partial charge in [-0.1, -0.05) is 54.6 Å². The summed E-state index contributed by atoms with van der Waals surface area (Å²) in [7, 11) is 0. The lowest BCUT2D eigenvalue weighted by Gasteiger charge is -2.34. The second-order valence-corrected chi connectivity index (χ2v) is 8.98. The van der Waals surface area contributed by atoms with E-state index >= 15 is 0 Å². The number of benzene rings is 3. The highest BCUT2D eigenvalue weighted by Crippen LogP contribution is 2.23. The van der Waals surface area contributed by atoms with E-state index in [0.717, 1.165) is 16.7 Å². The molecule has 36 heavy (non-hydrogen) atoms. The van der Waals surface area contributed by atoms with E-state index in [4.69, 9.17) is 5.26 Å². The van der Waals surface area contributed by atoms with Crippen LogP contribution in [0.5, 0.6) is 0 Å². The van der Waals surface area contributed by atoms with Crippen molar-refractivity contribution in [3.05, 3.63) is 113 Å². The van der Waals surface area contributed by atoms with Crippen molar-refractivity contribution >= 4 is 17.9 Å². The maximum absolute atomic E-state index is 13.8. The molecular formula is C30H28FN3O2. The van der Waals surface area contributed by atoms with E-state index < -0.39 is 0 Å². The molecule has 1 heterocycles. The van der Waals surface area contributed by atoms with Gasteiger partial charge in [0, 0.05) is 38.2 Å². The molecule has 4 rings (SSSR count). The minimum Gasteiger partial charge on any atom is -0.339 e. The molecule has 0 N–H and O–H groups in total. The highest BCUT2D eigenvalue weighted by atomic mass is 19.1. The van der Waals surface area contributed by atoms with Crippen LogP contribution in [0.4, 0.5) is 4.39 Å². The van der Waals surface area contributed by atoms with Crippen LogP contribution in [0.1, 0.15) is 35.1 Å². The molecule has 0 bridgehead atoms. The Kier molecular flexibility index (Phi) is 8.25. The van der Waals surface area contributed by atoms with Crippen molar-refractivity contribution in [2.45, 2.75) is 25.9 Å². The van der Waals surface area contributed by atoms with Crippen molar-refractivity contribution < 1.29 is 14.0 Å². The maximum Gasteiger partial charge on any atom is 0.246 e. The van der Waals surface area contributed by atoms with E-state index in [9.17, 15) is 14.0 Å². The van der Waals surface area contributed by atoms with Crippen LogP contribution in [-0.4, -0.2) is 34.7 Å². The second-order valence-electron chi connectivity index (χ2n) is 8.98. The first kappa shape index (κ1) is 24.9. The summed E-state index contributed by atoms with van der Waals surface area (Å²) in [6.45, 7) is 1.67. The number of rotatable bonds is 7. The van der Waals surface area contributed by atoms with Crippen LogP contribution >= 0.6 is 0 Å². The third-order valence-electron chi connectivity index (χ3n) is 6.40. The number of amides is 2. The molecule has 3 aromatic rings. The number of piperidine rings is 1. The summed E-state index contributed by atoms with van der Waals surface area (Å²) in [5.74, 6) is -0.609. The van der Waals surface area contributed by atoms with E-state index in [1.807, 2.05) is 48.5 Å². The van der Waals surface area contributed by atoms with Gasteiger partial charge in [-0.25, -0.2) is 4.39 Å². The normalized spacial score (nSPS) is 13.9. The van der Waals surface area contributed by atoms with E-state index in [1.165, 1.54) is 12.1 Å². The topological polar surface area (TPSA) is 64.4 Å². The van der Waals surface area contributed by atoms with Crippen molar-refractivity contribution in [2.75, 3.05) is 13.1 Å². The largest absolute Gasteiger partial charge is 0.339 e. The Morgan fingerprint density at radius 1 is 0.944 bits per heavy atom. The average molecular weight is 482 g/mol. The molecule has 0 unspecified atom stereocenters. The summed E-state index contributed by atoms with van der Waals surface area (Å²) < 4.78 is 13.8. The molecule has 2 amide bonds. The van der Waals surface area contributed by atoms with Gasteiger partial charge in [0.05, 0.1) is 11.6 Å². The van der Waals surface area contributed by atoms with E-state index in [2.05, 4.69) is 6.07 Å².